The fourth-order valence-corrected chi connectivity index (χ4v) is 1.45. The molecule has 1 N–H and O–H groups in total. The maximum absolute atomic E-state index is 10.8. The van der Waals surface area contributed by atoms with Gasteiger partial charge in [0.25, 0.3) is 0 Å². The van der Waals surface area contributed by atoms with Gasteiger partial charge in [0.1, 0.15) is 0 Å². The molecule has 14 heavy (non-hydrogen) atoms. The van der Waals surface area contributed by atoms with E-state index in [1.54, 1.807) is 12.4 Å². The molecule has 4 heteroatoms. The molecule has 1 aromatic rings. The Morgan fingerprint density at radius 2 is 2.50 bits per heavy atom. The molecule has 0 atom stereocenters. The number of halogens is 1. The molecular formula is C10H11BrN2O. The average Bonchev–Trinajstić information content (AvgIpc) is 2.20. The van der Waals surface area contributed by atoms with Gasteiger partial charge in [0, 0.05) is 23.4 Å². The number of nitrogens with one attached hydrogen (secondary N) is 1. The first-order chi connectivity index (χ1) is 6.74. The Labute approximate surface area is 91.4 Å². The lowest BCUT2D eigenvalue weighted by Crippen LogP contribution is -2.23. The lowest BCUT2D eigenvalue weighted by Gasteiger charge is -2.03. The number of carbonyl (C=O) groups excluding carboxylic acids is 1. The van der Waals surface area contributed by atoms with Crippen LogP contribution in [0.4, 0.5) is 0 Å². The van der Waals surface area contributed by atoms with Crippen LogP contribution in [0.5, 0.6) is 0 Å². The largest absolute Gasteiger partial charge is 0.352 e. The summed E-state index contributed by atoms with van der Waals surface area (Å²) < 4.78 is 0.966. The number of aromatic nitrogens is 1. The van der Waals surface area contributed by atoms with Gasteiger partial charge in [-0.1, -0.05) is 6.58 Å². The summed E-state index contributed by atoms with van der Waals surface area (Å²) in [5.74, 6) is -0.143. The van der Waals surface area contributed by atoms with Gasteiger partial charge < -0.3 is 5.32 Å². The van der Waals surface area contributed by atoms with Crippen LogP contribution in [0, 0.1) is 0 Å². The molecule has 74 valence electrons. The number of carbonyl (C=O) groups is 1. The normalized spacial score (nSPS) is 9.50. The molecule has 3 nitrogen and oxygen atoms in total. The predicted molar refractivity (Wildman–Crippen MR) is 58.8 cm³/mol. The van der Waals surface area contributed by atoms with E-state index in [0.717, 1.165) is 16.5 Å². The zero-order valence-corrected chi connectivity index (χ0v) is 9.25. The molecule has 0 spiro atoms. The monoisotopic (exact) mass is 254 g/mol. The summed E-state index contributed by atoms with van der Waals surface area (Å²) in [6.45, 7) is 3.98. The number of hydrogen-bond acceptors (Lipinski definition) is 2. The van der Waals surface area contributed by atoms with E-state index < -0.39 is 0 Å². The second-order valence-electron chi connectivity index (χ2n) is 2.71. The summed E-state index contributed by atoms with van der Waals surface area (Å²) in [5, 5.41) is 2.71. The van der Waals surface area contributed by atoms with Crippen molar-refractivity contribution in [1.29, 1.82) is 0 Å². The van der Waals surface area contributed by atoms with Crippen molar-refractivity contribution in [2.24, 2.45) is 0 Å². The van der Waals surface area contributed by atoms with Gasteiger partial charge >= 0.3 is 0 Å². The smallest absolute Gasteiger partial charge is 0.243 e. The first-order valence-electron chi connectivity index (χ1n) is 4.22. The van der Waals surface area contributed by atoms with Gasteiger partial charge in [0.15, 0.2) is 0 Å². The fraction of sp³-hybridized carbons (Fsp3) is 0.200. The van der Waals surface area contributed by atoms with Crippen LogP contribution in [-0.2, 0) is 11.2 Å². The molecule has 0 aliphatic heterocycles. The molecule has 1 amide bonds. The summed E-state index contributed by atoms with van der Waals surface area (Å²) in [6, 6.07) is 1.92. The van der Waals surface area contributed by atoms with E-state index in [0.29, 0.717) is 6.54 Å². The van der Waals surface area contributed by atoms with E-state index in [2.05, 4.69) is 32.8 Å². The summed E-state index contributed by atoms with van der Waals surface area (Å²) in [5.41, 5.74) is 1.13. The van der Waals surface area contributed by atoms with Crippen molar-refractivity contribution >= 4 is 21.8 Å². The van der Waals surface area contributed by atoms with Crippen molar-refractivity contribution in [3.05, 3.63) is 41.2 Å². The molecule has 0 bridgehead atoms. The van der Waals surface area contributed by atoms with Crippen LogP contribution in [0.1, 0.15) is 5.56 Å². The SMILES string of the molecule is C=CC(=O)NCCc1ccncc1Br. The highest BCUT2D eigenvalue weighted by molar-refractivity contribution is 9.10. The van der Waals surface area contributed by atoms with E-state index in [-0.39, 0.29) is 5.91 Å². The number of pyridine rings is 1. The zero-order valence-electron chi connectivity index (χ0n) is 7.66. The van der Waals surface area contributed by atoms with Crippen molar-refractivity contribution in [2.75, 3.05) is 6.54 Å². The molecule has 0 aliphatic rings. The van der Waals surface area contributed by atoms with Crippen LogP contribution in [0.15, 0.2) is 35.6 Å². The number of amides is 1. The second-order valence-corrected chi connectivity index (χ2v) is 3.57. The van der Waals surface area contributed by atoms with Gasteiger partial charge in [0.2, 0.25) is 5.91 Å². The molecule has 0 saturated carbocycles. The first-order valence-corrected chi connectivity index (χ1v) is 5.02. The Balaban J connectivity index is 2.42. The number of rotatable bonds is 4. The summed E-state index contributed by atoms with van der Waals surface area (Å²) >= 11 is 3.39. The van der Waals surface area contributed by atoms with Gasteiger partial charge in [-0.2, -0.15) is 0 Å². The molecule has 1 aromatic heterocycles. The van der Waals surface area contributed by atoms with Gasteiger partial charge in [-0.3, -0.25) is 9.78 Å². The maximum Gasteiger partial charge on any atom is 0.243 e. The fourth-order valence-electron chi connectivity index (χ4n) is 0.999. The molecule has 0 unspecified atom stereocenters. The quantitative estimate of drug-likeness (QED) is 0.832. The second kappa shape index (κ2) is 5.54. The Hall–Kier alpha value is -1.16. The molecular weight excluding hydrogens is 244 g/mol. The summed E-state index contributed by atoms with van der Waals surface area (Å²) in [4.78, 5) is 14.8. The Bertz CT molecular complexity index is 339. The van der Waals surface area contributed by atoms with Gasteiger partial charge in [-0.05, 0) is 40.1 Å². The summed E-state index contributed by atoms with van der Waals surface area (Å²) in [6.07, 6.45) is 5.52. The van der Waals surface area contributed by atoms with Crippen LogP contribution in [-0.4, -0.2) is 17.4 Å². The van der Waals surface area contributed by atoms with Gasteiger partial charge in [-0.15, -0.1) is 0 Å². The number of hydrogen-bond donors (Lipinski definition) is 1. The Morgan fingerprint density at radius 1 is 1.71 bits per heavy atom. The Kier molecular flexibility index (Phi) is 4.32. The standard InChI is InChI=1S/C10H11BrN2O/c1-2-10(14)13-6-4-8-3-5-12-7-9(8)11/h2-3,5,7H,1,4,6H2,(H,13,14). The summed E-state index contributed by atoms with van der Waals surface area (Å²) in [7, 11) is 0. The van der Waals surface area contributed by atoms with Crippen LogP contribution in [0.3, 0.4) is 0 Å². The molecule has 0 saturated heterocycles. The highest BCUT2D eigenvalue weighted by Crippen LogP contribution is 2.14. The minimum Gasteiger partial charge on any atom is -0.352 e. The Morgan fingerprint density at radius 3 is 3.14 bits per heavy atom. The third kappa shape index (κ3) is 3.30. The van der Waals surface area contributed by atoms with Crippen LogP contribution >= 0.6 is 15.9 Å². The highest BCUT2D eigenvalue weighted by atomic mass is 79.9. The van der Waals surface area contributed by atoms with E-state index in [4.69, 9.17) is 0 Å². The highest BCUT2D eigenvalue weighted by Gasteiger charge is 1.99. The predicted octanol–water partition coefficient (Wildman–Crippen LogP) is 1.69. The molecule has 0 aromatic carbocycles. The first kappa shape index (κ1) is 10.9. The van der Waals surface area contributed by atoms with Crippen LogP contribution < -0.4 is 5.32 Å². The molecule has 1 rings (SSSR count). The van der Waals surface area contributed by atoms with E-state index in [9.17, 15) is 4.79 Å². The van der Waals surface area contributed by atoms with Crippen LogP contribution in [0.2, 0.25) is 0 Å². The van der Waals surface area contributed by atoms with E-state index in [1.165, 1.54) is 6.08 Å². The third-order valence-electron chi connectivity index (χ3n) is 1.74. The molecule has 1 heterocycles. The molecule has 0 fully saturated rings. The number of nitrogens with zero attached hydrogens (tertiary/aromatic N) is 1. The van der Waals surface area contributed by atoms with E-state index >= 15 is 0 Å². The van der Waals surface area contributed by atoms with Gasteiger partial charge in [-0.25, -0.2) is 0 Å². The van der Waals surface area contributed by atoms with E-state index in [1.807, 2.05) is 6.07 Å². The molecule has 0 radical (unpaired) electrons. The van der Waals surface area contributed by atoms with Crippen LogP contribution in [0.25, 0.3) is 0 Å². The lowest BCUT2D eigenvalue weighted by atomic mass is 10.2. The van der Waals surface area contributed by atoms with Crippen molar-refractivity contribution in [3.63, 3.8) is 0 Å². The third-order valence-corrected chi connectivity index (χ3v) is 2.45. The van der Waals surface area contributed by atoms with Crippen molar-refractivity contribution < 1.29 is 4.79 Å². The topological polar surface area (TPSA) is 42.0 Å². The minimum atomic E-state index is -0.143. The molecule has 0 aliphatic carbocycles. The van der Waals surface area contributed by atoms with Crippen molar-refractivity contribution in [3.8, 4) is 0 Å². The average molecular weight is 255 g/mol. The maximum atomic E-state index is 10.8. The van der Waals surface area contributed by atoms with Crippen molar-refractivity contribution in [2.45, 2.75) is 6.42 Å². The lowest BCUT2D eigenvalue weighted by molar-refractivity contribution is -0.116. The zero-order chi connectivity index (χ0) is 10.4. The van der Waals surface area contributed by atoms with Gasteiger partial charge in [0.05, 0.1) is 0 Å². The minimum absolute atomic E-state index is 0.143. The van der Waals surface area contributed by atoms with Crippen molar-refractivity contribution in [1.82, 2.24) is 10.3 Å².